The average Bonchev–Trinajstić information content (AvgIpc) is 2.77. The van der Waals surface area contributed by atoms with E-state index in [0.29, 0.717) is 12.0 Å². The summed E-state index contributed by atoms with van der Waals surface area (Å²) in [6.45, 7) is 0.966. The third kappa shape index (κ3) is 2.00. The summed E-state index contributed by atoms with van der Waals surface area (Å²) in [6.07, 6.45) is 6.80. The molecule has 2 aliphatic rings. The second kappa shape index (κ2) is 4.56. The van der Waals surface area contributed by atoms with Crippen molar-refractivity contribution in [3.05, 3.63) is 35.4 Å². The number of benzene rings is 1. The molecule has 0 saturated heterocycles. The molecule has 1 aromatic rings. The Bertz CT molecular complexity index is 358. The van der Waals surface area contributed by atoms with E-state index >= 15 is 0 Å². The molecule has 1 saturated carbocycles. The van der Waals surface area contributed by atoms with Crippen molar-refractivity contribution >= 4 is 0 Å². The van der Waals surface area contributed by atoms with Crippen LogP contribution in [0.4, 0.5) is 0 Å². The van der Waals surface area contributed by atoms with Crippen LogP contribution in [-0.2, 0) is 11.3 Å². The summed E-state index contributed by atoms with van der Waals surface area (Å²) in [6, 6.07) is 8.71. The van der Waals surface area contributed by atoms with E-state index in [1.165, 1.54) is 43.2 Å². The SMILES string of the molecule is c1ccc2c(c1)CC2CNOC1CCCC1. The van der Waals surface area contributed by atoms with Gasteiger partial charge >= 0.3 is 0 Å². The van der Waals surface area contributed by atoms with Gasteiger partial charge in [-0.2, -0.15) is 0 Å². The van der Waals surface area contributed by atoms with Crippen molar-refractivity contribution in [1.29, 1.82) is 0 Å². The third-order valence-electron chi connectivity index (χ3n) is 3.84. The lowest BCUT2D eigenvalue weighted by atomic mass is 9.78. The zero-order valence-electron chi connectivity index (χ0n) is 9.61. The molecule has 3 rings (SSSR count). The first kappa shape index (κ1) is 10.3. The number of fused-ring (bicyclic) bond motifs is 1. The molecular weight excluding hydrogens is 198 g/mol. The summed E-state index contributed by atoms with van der Waals surface area (Å²) in [5.74, 6) is 0.664. The van der Waals surface area contributed by atoms with E-state index in [4.69, 9.17) is 4.84 Å². The highest BCUT2D eigenvalue weighted by Crippen LogP contribution is 2.34. The Kier molecular flexibility index (Phi) is 2.94. The number of hydroxylamine groups is 1. The number of hydrogen-bond donors (Lipinski definition) is 1. The van der Waals surface area contributed by atoms with E-state index in [1.807, 2.05) is 0 Å². The van der Waals surface area contributed by atoms with Crippen LogP contribution < -0.4 is 5.48 Å². The Morgan fingerprint density at radius 1 is 1.19 bits per heavy atom. The molecule has 2 heteroatoms. The number of hydrogen-bond acceptors (Lipinski definition) is 2. The molecule has 16 heavy (non-hydrogen) atoms. The fourth-order valence-corrected chi connectivity index (χ4v) is 2.82. The van der Waals surface area contributed by atoms with Crippen LogP contribution in [0.15, 0.2) is 24.3 Å². The topological polar surface area (TPSA) is 21.3 Å². The highest BCUT2D eigenvalue weighted by atomic mass is 16.7. The van der Waals surface area contributed by atoms with Gasteiger partial charge in [0, 0.05) is 12.5 Å². The maximum Gasteiger partial charge on any atom is 0.0790 e. The standard InChI is InChI=1S/C14H19NO/c1-4-8-14-11(5-1)9-12(14)10-15-16-13-6-2-3-7-13/h1,4-5,8,12-13,15H,2-3,6-7,9-10H2. The Hall–Kier alpha value is -0.860. The molecule has 1 aromatic carbocycles. The molecule has 0 aromatic heterocycles. The Balaban J connectivity index is 1.44. The van der Waals surface area contributed by atoms with E-state index in [2.05, 4.69) is 29.7 Å². The summed E-state index contributed by atoms with van der Waals surface area (Å²) in [4.78, 5) is 5.67. The first-order valence-electron chi connectivity index (χ1n) is 6.40. The second-order valence-corrected chi connectivity index (χ2v) is 4.97. The molecule has 0 heterocycles. The smallest absolute Gasteiger partial charge is 0.0790 e. The lowest BCUT2D eigenvalue weighted by Crippen LogP contribution is -2.31. The minimum atomic E-state index is 0.468. The van der Waals surface area contributed by atoms with Crippen molar-refractivity contribution in [3.63, 3.8) is 0 Å². The summed E-state index contributed by atoms with van der Waals surface area (Å²) in [7, 11) is 0. The summed E-state index contributed by atoms with van der Waals surface area (Å²) >= 11 is 0. The minimum absolute atomic E-state index is 0.468. The molecule has 1 fully saturated rings. The lowest BCUT2D eigenvalue weighted by molar-refractivity contribution is -0.0237. The zero-order valence-corrected chi connectivity index (χ0v) is 9.61. The van der Waals surface area contributed by atoms with Gasteiger partial charge in [0.25, 0.3) is 0 Å². The van der Waals surface area contributed by atoms with Crippen LogP contribution >= 0.6 is 0 Å². The van der Waals surface area contributed by atoms with Gasteiger partial charge in [-0.05, 0) is 30.4 Å². The molecule has 2 aliphatic carbocycles. The van der Waals surface area contributed by atoms with Gasteiger partial charge in [-0.25, -0.2) is 5.48 Å². The summed E-state index contributed by atoms with van der Waals surface area (Å²) < 4.78 is 0. The maximum absolute atomic E-state index is 5.67. The Morgan fingerprint density at radius 2 is 2.00 bits per heavy atom. The molecule has 1 unspecified atom stereocenters. The predicted molar refractivity (Wildman–Crippen MR) is 64.2 cm³/mol. The fourth-order valence-electron chi connectivity index (χ4n) is 2.82. The Morgan fingerprint density at radius 3 is 2.81 bits per heavy atom. The third-order valence-corrected chi connectivity index (χ3v) is 3.84. The molecule has 2 nitrogen and oxygen atoms in total. The maximum atomic E-state index is 5.67. The average molecular weight is 217 g/mol. The van der Waals surface area contributed by atoms with Crippen LogP contribution in [0.2, 0.25) is 0 Å². The lowest BCUT2D eigenvalue weighted by Gasteiger charge is -2.30. The van der Waals surface area contributed by atoms with Gasteiger partial charge in [0.05, 0.1) is 6.10 Å². The molecule has 0 spiro atoms. The Labute approximate surface area is 97.0 Å². The molecule has 0 amide bonds. The van der Waals surface area contributed by atoms with Gasteiger partial charge in [-0.15, -0.1) is 0 Å². The second-order valence-electron chi connectivity index (χ2n) is 4.97. The predicted octanol–water partition coefficient (Wildman–Crippen LogP) is 2.79. The van der Waals surface area contributed by atoms with Crippen LogP contribution in [0.25, 0.3) is 0 Å². The number of rotatable bonds is 4. The highest BCUT2D eigenvalue weighted by molar-refractivity contribution is 5.40. The zero-order chi connectivity index (χ0) is 10.8. The van der Waals surface area contributed by atoms with Gasteiger partial charge in [0.1, 0.15) is 0 Å². The summed E-state index contributed by atoms with van der Waals surface area (Å²) in [5.41, 5.74) is 6.18. The van der Waals surface area contributed by atoms with Crippen LogP contribution in [0.3, 0.4) is 0 Å². The van der Waals surface area contributed by atoms with Crippen LogP contribution in [-0.4, -0.2) is 12.6 Å². The van der Waals surface area contributed by atoms with E-state index in [0.717, 1.165) is 6.54 Å². The van der Waals surface area contributed by atoms with Gasteiger partial charge in [0.2, 0.25) is 0 Å². The van der Waals surface area contributed by atoms with Gasteiger partial charge < -0.3 is 0 Å². The largest absolute Gasteiger partial charge is 0.298 e. The quantitative estimate of drug-likeness (QED) is 0.783. The minimum Gasteiger partial charge on any atom is -0.298 e. The number of nitrogens with one attached hydrogen (secondary N) is 1. The normalized spacial score (nSPS) is 24.1. The van der Waals surface area contributed by atoms with E-state index in [-0.39, 0.29) is 0 Å². The highest BCUT2D eigenvalue weighted by Gasteiger charge is 2.25. The van der Waals surface area contributed by atoms with Crippen LogP contribution in [0, 0.1) is 0 Å². The first-order valence-corrected chi connectivity index (χ1v) is 6.40. The van der Waals surface area contributed by atoms with Crippen molar-refractivity contribution in [2.45, 2.75) is 44.1 Å². The molecular formula is C14H19NO. The molecule has 1 atom stereocenters. The van der Waals surface area contributed by atoms with Crippen molar-refractivity contribution < 1.29 is 4.84 Å². The van der Waals surface area contributed by atoms with E-state index < -0.39 is 0 Å². The van der Waals surface area contributed by atoms with E-state index in [1.54, 1.807) is 0 Å². The van der Waals surface area contributed by atoms with Crippen molar-refractivity contribution in [2.75, 3.05) is 6.54 Å². The molecule has 0 bridgehead atoms. The van der Waals surface area contributed by atoms with Crippen LogP contribution in [0.5, 0.6) is 0 Å². The molecule has 86 valence electrons. The van der Waals surface area contributed by atoms with Crippen molar-refractivity contribution in [3.8, 4) is 0 Å². The van der Waals surface area contributed by atoms with Gasteiger partial charge in [-0.1, -0.05) is 37.1 Å². The van der Waals surface area contributed by atoms with Gasteiger partial charge in [-0.3, -0.25) is 4.84 Å². The molecule has 0 radical (unpaired) electrons. The first-order chi connectivity index (χ1) is 7.93. The fraction of sp³-hybridized carbons (Fsp3) is 0.571. The van der Waals surface area contributed by atoms with Gasteiger partial charge in [0.15, 0.2) is 0 Å². The molecule has 1 N–H and O–H groups in total. The van der Waals surface area contributed by atoms with Crippen molar-refractivity contribution in [2.24, 2.45) is 0 Å². The van der Waals surface area contributed by atoms with Crippen LogP contribution in [0.1, 0.15) is 42.7 Å². The molecule has 0 aliphatic heterocycles. The summed E-state index contributed by atoms with van der Waals surface area (Å²) in [5, 5.41) is 0. The monoisotopic (exact) mass is 217 g/mol. The van der Waals surface area contributed by atoms with E-state index in [9.17, 15) is 0 Å². The van der Waals surface area contributed by atoms with Crippen molar-refractivity contribution in [1.82, 2.24) is 5.48 Å².